The topological polar surface area (TPSA) is 109 Å². The zero-order valence-corrected chi connectivity index (χ0v) is 55.0. The highest BCUT2D eigenvalue weighted by atomic mass is 16.2. The van der Waals surface area contributed by atoms with Crippen molar-refractivity contribution in [2.75, 3.05) is 87.6 Å². The summed E-state index contributed by atoms with van der Waals surface area (Å²) in [7, 11) is 10.3. The van der Waals surface area contributed by atoms with Gasteiger partial charge in [0.25, 0.3) is 0 Å². The van der Waals surface area contributed by atoms with Crippen LogP contribution in [0.2, 0.25) is 0 Å². The smallest absolute Gasteiger partial charge is 0.243 e. The molecule has 0 saturated carbocycles. The maximum atomic E-state index is 14.5. The summed E-state index contributed by atoms with van der Waals surface area (Å²) in [5.41, 5.74) is 0. The molecular formula is C69H135N7O4. The van der Waals surface area contributed by atoms with E-state index in [1.807, 2.05) is 16.8 Å². The maximum Gasteiger partial charge on any atom is 0.243 e. The fourth-order valence-corrected chi connectivity index (χ4v) is 11.3. The summed E-state index contributed by atoms with van der Waals surface area (Å²) in [5.74, 6) is 0.326. The van der Waals surface area contributed by atoms with Gasteiger partial charge in [0, 0.05) is 52.1 Å². The summed E-state index contributed by atoms with van der Waals surface area (Å²) in [6.45, 7) is 18.3. The van der Waals surface area contributed by atoms with E-state index in [-0.39, 0.29) is 35.5 Å². The fraction of sp³-hybridized carbons (Fsp3) is 0.884. The van der Waals surface area contributed by atoms with Gasteiger partial charge in [0.05, 0.1) is 0 Å². The molecule has 470 valence electrons. The van der Waals surface area contributed by atoms with E-state index in [0.717, 1.165) is 129 Å². The lowest BCUT2D eigenvalue weighted by atomic mass is 9.89. The average Bonchev–Trinajstić information content (AvgIpc) is 3.44. The Hall–Kier alpha value is -2.76. The molecule has 0 aromatic rings. The Morgan fingerprint density at radius 1 is 0.350 bits per heavy atom. The van der Waals surface area contributed by atoms with Crippen molar-refractivity contribution in [2.45, 2.75) is 298 Å². The van der Waals surface area contributed by atoms with Gasteiger partial charge < -0.3 is 35.1 Å². The summed E-state index contributed by atoms with van der Waals surface area (Å²) < 4.78 is 0. The van der Waals surface area contributed by atoms with Crippen LogP contribution < -0.4 is 10.6 Å². The van der Waals surface area contributed by atoms with E-state index in [4.69, 9.17) is 0 Å². The highest BCUT2D eigenvalue weighted by Gasteiger charge is 2.36. The number of amides is 4. The standard InChI is InChI=1S/C69H135N7O4/c1-12-18-22-24-26-28-30-32-34-36-38-40-42-44-46-52-64(77)75(58-48-56-72(7)8)66(62(16-5)50-20-14-3)68(79)70-54-60-74(11)61-55-71-69(80)67(63(17-6)51-21-15-4)76(59-49-57-73(9)10)65(78)53-47-45-43-41-39-37-35-33-31-29-27-25-23-19-13-2/h32-35,62-63,66-67H,12-31,36-61H2,1-11H3,(H,70,79)(H,71,80)/b34-32-,35-33-. The van der Waals surface area contributed by atoms with E-state index in [1.165, 1.54) is 116 Å². The fourth-order valence-electron chi connectivity index (χ4n) is 11.3. The Kier molecular flexibility index (Phi) is 53.5. The predicted molar refractivity (Wildman–Crippen MR) is 346 cm³/mol. The van der Waals surface area contributed by atoms with Crippen LogP contribution in [0, 0.1) is 11.8 Å². The zero-order chi connectivity index (χ0) is 59.3. The van der Waals surface area contributed by atoms with Gasteiger partial charge >= 0.3 is 0 Å². The Bertz CT molecular complexity index is 1400. The molecule has 4 atom stereocenters. The molecule has 11 heteroatoms. The highest BCUT2D eigenvalue weighted by Crippen LogP contribution is 2.26. The molecule has 2 N–H and O–H groups in total. The van der Waals surface area contributed by atoms with Crippen molar-refractivity contribution >= 4 is 23.6 Å². The predicted octanol–water partition coefficient (Wildman–Crippen LogP) is 16.0. The van der Waals surface area contributed by atoms with E-state index in [9.17, 15) is 19.2 Å². The van der Waals surface area contributed by atoms with E-state index < -0.39 is 12.1 Å². The number of hydrogen-bond donors (Lipinski definition) is 2. The molecule has 0 spiro atoms. The third-order valence-electron chi connectivity index (χ3n) is 16.5. The summed E-state index contributed by atoms with van der Waals surface area (Å²) in [6, 6.07) is -0.990. The Labute approximate surface area is 497 Å². The number of likely N-dealkylation sites (N-methyl/N-ethyl adjacent to an activating group) is 1. The van der Waals surface area contributed by atoms with Gasteiger partial charge in [-0.3, -0.25) is 19.2 Å². The number of unbranched alkanes of at least 4 members (excludes halogenated alkanes) is 24. The number of rotatable bonds is 58. The second kappa shape index (κ2) is 55.4. The van der Waals surface area contributed by atoms with Crippen LogP contribution in [0.1, 0.15) is 286 Å². The number of carbonyl (C=O) groups is 4. The van der Waals surface area contributed by atoms with Crippen LogP contribution in [0.4, 0.5) is 0 Å². The van der Waals surface area contributed by atoms with Gasteiger partial charge in [-0.25, -0.2) is 0 Å². The lowest BCUT2D eigenvalue weighted by molar-refractivity contribution is -0.143. The maximum absolute atomic E-state index is 14.5. The number of carbonyl (C=O) groups excluding carboxylic acids is 4. The van der Waals surface area contributed by atoms with Crippen molar-refractivity contribution in [2.24, 2.45) is 11.8 Å². The normalized spacial score (nSPS) is 13.5. The first kappa shape index (κ1) is 77.2. The van der Waals surface area contributed by atoms with Crippen LogP contribution >= 0.6 is 0 Å². The summed E-state index contributed by atoms with van der Waals surface area (Å²) in [4.78, 5) is 67.9. The number of nitrogens with zero attached hydrogens (tertiary/aromatic N) is 5. The van der Waals surface area contributed by atoms with E-state index in [1.54, 1.807) is 0 Å². The zero-order valence-electron chi connectivity index (χ0n) is 55.0. The van der Waals surface area contributed by atoms with Crippen molar-refractivity contribution in [1.29, 1.82) is 0 Å². The van der Waals surface area contributed by atoms with Gasteiger partial charge in [0.2, 0.25) is 23.6 Å². The van der Waals surface area contributed by atoms with Crippen LogP contribution in [-0.4, -0.2) is 148 Å². The SMILES string of the molecule is CCCCCCCC/C=C\CCCCCCCC(=O)N(CCCN(C)C)C(C(=O)NCCN(C)CCNC(=O)C(C(CC)CCCC)N(CCCN(C)C)C(=O)CCCCCCC/C=C\CCCCCCCC)C(CC)CCCC. The lowest BCUT2D eigenvalue weighted by Crippen LogP contribution is -2.55. The first-order valence-corrected chi connectivity index (χ1v) is 34.2. The van der Waals surface area contributed by atoms with Gasteiger partial charge in [-0.2, -0.15) is 0 Å². The van der Waals surface area contributed by atoms with E-state index >= 15 is 0 Å². The van der Waals surface area contributed by atoms with Gasteiger partial charge in [0.1, 0.15) is 12.1 Å². The highest BCUT2D eigenvalue weighted by molar-refractivity contribution is 5.88. The van der Waals surface area contributed by atoms with Crippen LogP contribution in [0.25, 0.3) is 0 Å². The van der Waals surface area contributed by atoms with Crippen molar-refractivity contribution in [3.05, 3.63) is 24.3 Å². The molecular weight excluding hydrogens is 991 g/mol. The summed E-state index contributed by atoms with van der Waals surface area (Å²) in [5, 5.41) is 6.59. The third-order valence-corrected chi connectivity index (χ3v) is 16.5. The van der Waals surface area contributed by atoms with Crippen LogP contribution in [0.3, 0.4) is 0 Å². The Morgan fingerprint density at radius 2 is 0.650 bits per heavy atom. The molecule has 4 unspecified atom stereocenters. The molecule has 4 amide bonds. The molecule has 11 nitrogen and oxygen atoms in total. The summed E-state index contributed by atoms with van der Waals surface area (Å²) >= 11 is 0. The average molecular weight is 1130 g/mol. The molecule has 0 aromatic carbocycles. The first-order chi connectivity index (χ1) is 38.8. The minimum Gasteiger partial charge on any atom is -0.353 e. The second-order valence-electron chi connectivity index (χ2n) is 24.6. The van der Waals surface area contributed by atoms with Crippen molar-refractivity contribution in [3.63, 3.8) is 0 Å². The molecule has 0 heterocycles. The van der Waals surface area contributed by atoms with Crippen molar-refractivity contribution in [1.82, 2.24) is 35.1 Å². The van der Waals surface area contributed by atoms with Gasteiger partial charge in [-0.15, -0.1) is 0 Å². The Balaban J connectivity index is 5.66. The minimum absolute atomic E-state index is 0.0428. The second-order valence-corrected chi connectivity index (χ2v) is 24.6. The Morgan fingerprint density at radius 3 is 0.950 bits per heavy atom. The molecule has 0 saturated heterocycles. The number of allylic oxidation sites excluding steroid dienone is 4. The van der Waals surface area contributed by atoms with E-state index in [2.05, 4.69) is 119 Å². The van der Waals surface area contributed by atoms with Gasteiger partial charge in [-0.1, -0.05) is 207 Å². The molecule has 0 aromatic heterocycles. The minimum atomic E-state index is -0.495. The van der Waals surface area contributed by atoms with Gasteiger partial charge in [0.15, 0.2) is 0 Å². The number of nitrogens with one attached hydrogen (secondary N) is 2. The molecule has 0 aliphatic rings. The first-order valence-electron chi connectivity index (χ1n) is 34.2. The molecule has 0 aliphatic carbocycles. The molecule has 80 heavy (non-hydrogen) atoms. The van der Waals surface area contributed by atoms with Crippen molar-refractivity contribution < 1.29 is 19.2 Å². The van der Waals surface area contributed by atoms with Crippen LogP contribution in [0.15, 0.2) is 24.3 Å². The lowest BCUT2D eigenvalue weighted by Gasteiger charge is -2.37. The number of hydrogen-bond acceptors (Lipinski definition) is 7. The monoisotopic (exact) mass is 1130 g/mol. The van der Waals surface area contributed by atoms with E-state index in [0.29, 0.717) is 52.1 Å². The largest absolute Gasteiger partial charge is 0.353 e. The third kappa shape index (κ3) is 42.1. The van der Waals surface area contributed by atoms with Crippen LogP contribution in [0.5, 0.6) is 0 Å². The molecule has 0 bridgehead atoms. The van der Waals surface area contributed by atoms with Crippen LogP contribution in [-0.2, 0) is 19.2 Å². The molecule has 0 radical (unpaired) electrons. The molecule has 0 rings (SSSR count). The summed E-state index contributed by atoms with van der Waals surface area (Å²) in [6.07, 6.45) is 51.5. The quantitative estimate of drug-likeness (QED) is 0.0461. The molecule has 0 aliphatic heterocycles. The molecule has 0 fully saturated rings. The van der Waals surface area contributed by atoms with Gasteiger partial charge in [-0.05, 0) is 150 Å². The van der Waals surface area contributed by atoms with Crippen molar-refractivity contribution in [3.8, 4) is 0 Å².